The lowest BCUT2D eigenvalue weighted by Crippen LogP contribution is -2.33. The van der Waals surface area contributed by atoms with Gasteiger partial charge >= 0.3 is 0 Å². The van der Waals surface area contributed by atoms with Crippen molar-refractivity contribution in [1.29, 1.82) is 0 Å². The molecule has 0 saturated carbocycles. The highest BCUT2D eigenvalue weighted by Crippen LogP contribution is 2.34. The van der Waals surface area contributed by atoms with Gasteiger partial charge in [-0.15, -0.1) is 0 Å². The Hall–Kier alpha value is -1.35. The van der Waals surface area contributed by atoms with Gasteiger partial charge in [-0.05, 0) is 48.8 Å². The van der Waals surface area contributed by atoms with E-state index in [1.807, 2.05) is 0 Å². The van der Waals surface area contributed by atoms with Crippen molar-refractivity contribution in [2.75, 3.05) is 13.1 Å². The van der Waals surface area contributed by atoms with Crippen molar-refractivity contribution in [2.24, 2.45) is 17.6 Å². The van der Waals surface area contributed by atoms with Gasteiger partial charge in [0.2, 0.25) is 5.91 Å². The Balaban J connectivity index is 1.69. The fraction of sp³-hybridized carbons (Fsp3) is 0.611. The van der Waals surface area contributed by atoms with Crippen LogP contribution in [0.25, 0.3) is 0 Å². The maximum atomic E-state index is 12.0. The van der Waals surface area contributed by atoms with Gasteiger partial charge in [-0.2, -0.15) is 0 Å². The SMILES string of the molecule is CC(C)C(CCN)CCC(=O)NCC1Cc2ccccc21. The van der Waals surface area contributed by atoms with Crippen LogP contribution in [0.1, 0.15) is 50.2 Å². The molecule has 2 rings (SSSR count). The van der Waals surface area contributed by atoms with E-state index in [1.54, 1.807) is 0 Å². The van der Waals surface area contributed by atoms with E-state index in [-0.39, 0.29) is 5.91 Å². The smallest absolute Gasteiger partial charge is 0.220 e. The lowest BCUT2D eigenvalue weighted by atomic mass is 9.77. The van der Waals surface area contributed by atoms with Crippen molar-refractivity contribution >= 4 is 5.91 Å². The molecule has 2 unspecified atom stereocenters. The Labute approximate surface area is 128 Å². The molecular weight excluding hydrogens is 260 g/mol. The first kappa shape index (κ1) is 16.0. The summed E-state index contributed by atoms with van der Waals surface area (Å²) in [6.45, 7) is 5.91. The molecule has 3 heteroatoms. The van der Waals surface area contributed by atoms with Crippen LogP contribution in [0.3, 0.4) is 0 Å². The number of nitrogens with one attached hydrogen (secondary N) is 1. The fourth-order valence-corrected chi connectivity index (χ4v) is 3.21. The second-order valence-corrected chi connectivity index (χ2v) is 6.52. The summed E-state index contributed by atoms with van der Waals surface area (Å²) in [7, 11) is 0. The monoisotopic (exact) mass is 288 g/mol. The first-order valence-electron chi connectivity index (χ1n) is 8.16. The van der Waals surface area contributed by atoms with E-state index in [0.29, 0.717) is 30.7 Å². The number of hydrogen-bond donors (Lipinski definition) is 2. The third-order valence-electron chi connectivity index (χ3n) is 4.73. The Bertz CT molecular complexity index is 470. The molecule has 0 bridgehead atoms. The van der Waals surface area contributed by atoms with Crippen LogP contribution in [0.2, 0.25) is 0 Å². The third-order valence-corrected chi connectivity index (χ3v) is 4.73. The summed E-state index contributed by atoms with van der Waals surface area (Å²) in [6.07, 6.45) is 3.68. The second kappa shape index (κ2) is 7.60. The van der Waals surface area contributed by atoms with Gasteiger partial charge in [0.25, 0.3) is 0 Å². The van der Waals surface area contributed by atoms with Crippen LogP contribution in [0.15, 0.2) is 24.3 Å². The number of hydrogen-bond acceptors (Lipinski definition) is 2. The Morgan fingerprint density at radius 1 is 1.33 bits per heavy atom. The first-order chi connectivity index (χ1) is 10.1. The van der Waals surface area contributed by atoms with Gasteiger partial charge in [0.1, 0.15) is 0 Å². The normalized spacial score (nSPS) is 18.0. The lowest BCUT2D eigenvalue weighted by Gasteiger charge is -2.30. The van der Waals surface area contributed by atoms with E-state index in [4.69, 9.17) is 5.73 Å². The molecule has 3 nitrogen and oxygen atoms in total. The zero-order valence-electron chi connectivity index (χ0n) is 13.3. The summed E-state index contributed by atoms with van der Waals surface area (Å²) in [5.74, 6) is 1.85. The molecule has 0 saturated heterocycles. The Kier molecular flexibility index (Phi) is 5.80. The highest BCUT2D eigenvalue weighted by atomic mass is 16.1. The summed E-state index contributed by atoms with van der Waals surface area (Å²) in [5.41, 5.74) is 8.48. The summed E-state index contributed by atoms with van der Waals surface area (Å²) in [6, 6.07) is 8.50. The van der Waals surface area contributed by atoms with Crippen LogP contribution < -0.4 is 11.1 Å². The van der Waals surface area contributed by atoms with Crippen molar-refractivity contribution < 1.29 is 4.79 Å². The topological polar surface area (TPSA) is 55.1 Å². The van der Waals surface area contributed by atoms with E-state index in [9.17, 15) is 4.79 Å². The second-order valence-electron chi connectivity index (χ2n) is 6.52. The maximum absolute atomic E-state index is 12.0. The van der Waals surface area contributed by atoms with Gasteiger partial charge in [-0.3, -0.25) is 4.79 Å². The van der Waals surface area contributed by atoms with Crippen molar-refractivity contribution in [2.45, 2.75) is 45.4 Å². The van der Waals surface area contributed by atoms with Gasteiger partial charge in [-0.25, -0.2) is 0 Å². The van der Waals surface area contributed by atoms with Crippen LogP contribution in [0.4, 0.5) is 0 Å². The van der Waals surface area contributed by atoms with Gasteiger partial charge in [0.15, 0.2) is 0 Å². The Morgan fingerprint density at radius 2 is 2.10 bits per heavy atom. The van der Waals surface area contributed by atoms with Crippen molar-refractivity contribution in [3.05, 3.63) is 35.4 Å². The minimum Gasteiger partial charge on any atom is -0.355 e. The molecular formula is C18H28N2O. The lowest BCUT2D eigenvalue weighted by molar-refractivity contribution is -0.121. The highest BCUT2D eigenvalue weighted by molar-refractivity contribution is 5.76. The third kappa shape index (κ3) is 4.31. The molecule has 0 spiro atoms. The molecule has 0 heterocycles. The zero-order chi connectivity index (χ0) is 15.2. The predicted octanol–water partition coefficient (Wildman–Crippen LogP) is 2.84. The van der Waals surface area contributed by atoms with Gasteiger partial charge in [0, 0.05) is 18.9 Å². The molecule has 1 aromatic rings. The van der Waals surface area contributed by atoms with Gasteiger partial charge in [-0.1, -0.05) is 38.1 Å². The molecule has 2 atom stereocenters. The van der Waals surface area contributed by atoms with Crippen LogP contribution >= 0.6 is 0 Å². The first-order valence-corrected chi connectivity index (χ1v) is 8.16. The van der Waals surface area contributed by atoms with Gasteiger partial charge < -0.3 is 11.1 Å². The largest absolute Gasteiger partial charge is 0.355 e. The average molecular weight is 288 g/mol. The summed E-state index contributed by atoms with van der Waals surface area (Å²) in [5, 5.41) is 3.09. The Morgan fingerprint density at radius 3 is 2.76 bits per heavy atom. The number of carbonyl (C=O) groups excluding carboxylic acids is 1. The number of nitrogens with two attached hydrogens (primary N) is 1. The van der Waals surface area contributed by atoms with Crippen LogP contribution in [-0.4, -0.2) is 19.0 Å². The summed E-state index contributed by atoms with van der Waals surface area (Å²) in [4.78, 5) is 12.0. The van der Waals surface area contributed by atoms with E-state index in [0.717, 1.165) is 25.8 Å². The molecule has 21 heavy (non-hydrogen) atoms. The number of amides is 1. The predicted molar refractivity (Wildman–Crippen MR) is 87.1 cm³/mol. The van der Waals surface area contributed by atoms with E-state index >= 15 is 0 Å². The average Bonchev–Trinajstić information content (AvgIpc) is 2.44. The molecule has 0 aliphatic heterocycles. The molecule has 1 aromatic carbocycles. The molecule has 0 radical (unpaired) electrons. The number of rotatable bonds is 8. The fourth-order valence-electron chi connectivity index (χ4n) is 3.21. The zero-order valence-corrected chi connectivity index (χ0v) is 13.3. The van der Waals surface area contributed by atoms with Crippen LogP contribution in [0, 0.1) is 11.8 Å². The van der Waals surface area contributed by atoms with E-state index in [1.165, 1.54) is 11.1 Å². The minimum atomic E-state index is 0.182. The van der Waals surface area contributed by atoms with E-state index in [2.05, 4.69) is 43.4 Å². The van der Waals surface area contributed by atoms with Crippen molar-refractivity contribution in [3.63, 3.8) is 0 Å². The minimum absolute atomic E-state index is 0.182. The molecule has 0 fully saturated rings. The number of benzene rings is 1. The van der Waals surface area contributed by atoms with Gasteiger partial charge in [0.05, 0.1) is 0 Å². The summed E-state index contributed by atoms with van der Waals surface area (Å²) < 4.78 is 0. The molecule has 116 valence electrons. The number of fused-ring (bicyclic) bond motifs is 1. The van der Waals surface area contributed by atoms with Crippen LogP contribution in [0.5, 0.6) is 0 Å². The molecule has 1 amide bonds. The molecule has 0 aromatic heterocycles. The quantitative estimate of drug-likeness (QED) is 0.773. The molecule has 1 aliphatic rings. The molecule has 1 aliphatic carbocycles. The van der Waals surface area contributed by atoms with Crippen LogP contribution in [-0.2, 0) is 11.2 Å². The van der Waals surface area contributed by atoms with Crippen molar-refractivity contribution in [1.82, 2.24) is 5.32 Å². The molecule has 3 N–H and O–H groups in total. The standard InChI is InChI=1S/C18H28N2O/c1-13(2)14(9-10-19)7-8-18(21)20-12-16-11-15-5-3-4-6-17(15)16/h3-6,13-14,16H,7-12,19H2,1-2H3,(H,20,21). The maximum Gasteiger partial charge on any atom is 0.220 e. The van der Waals surface area contributed by atoms with Crippen molar-refractivity contribution in [3.8, 4) is 0 Å². The highest BCUT2D eigenvalue weighted by Gasteiger charge is 2.25. The summed E-state index contributed by atoms with van der Waals surface area (Å²) >= 11 is 0. The number of carbonyl (C=O) groups is 1. The van der Waals surface area contributed by atoms with E-state index < -0.39 is 0 Å².